The molecule has 3 nitrogen and oxygen atoms in total. The fraction of sp³-hybridized carbons (Fsp3) is 0.417. The Hall–Kier alpha value is -1.51. The van der Waals surface area contributed by atoms with Gasteiger partial charge in [0.05, 0.1) is 12.6 Å². The van der Waals surface area contributed by atoms with Crippen LogP contribution in [-0.4, -0.2) is 12.6 Å². The van der Waals surface area contributed by atoms with E-state index >= 15 is 0 Å². The highest BCUT2D eigenvalue weighted by Crippen LogP contribution is 2.16. The number of hydrogen-bond donors (Lipinski definition) is 0. The summed E-state index contributed by atoms with van der Waals surface area (Å²) in [6.07, 6.45) is 2.02. The van der Waals surface area contributed by atoms with Crippen LogP contribution < -0.4 is 9.84 Å². The van der Waals surface area contributed by atoms with Crippen LogP contribution in [0.1, 0.15) is 35.7 Å². The SMILES string of the molecule is CCCCOc1cc(C)cc(C(=O)[O-])c1. The molecule has 0 N–H and O–H groups in total. The lowest BCUT2D eigenvalue weighted by atomic mass is 10.1. The molecule has 0 amide bonds. The number of unbranched alkanes of at least 4 members (excludes halogenated alkanes) is 1. The molecule has 0 heterocycles. The van der Waals surface area contributed by atoms with E-state index in [2.05, 4.69) is 6.92 Å². The highest BCUT2D eigenvalue weighted by atomic mass is 16.5. The summed E-state index contributed by atoms with van der Waals surface area (Å²) in [5.74, 6) is -0.568. The molecule has 0 aliphatic rings. The molecular formula is C12H15O3-. The van der Waals surface area contributed by atoms with Gasteiger partial charge >= 0.3 is 0 Å². The second-order valence-corrected chi connectivity index (χ2v) is 3.52. The van der Waals surface area contributed by atoms with Crippen LogP contribution in [0.3, 0.4) is 0 Å². The number of rotatable bonds is 5. The Morgan fingerprint density at radius 3 is 2.73 bits per heavy atom. The Morgan fingerprint density at radius 2 is 2.13 bits per heavy atom. The highest BCUT2D eigenvalue weighted by Gasteiger charge is 2.00. The molecule has 1 aromatic carbocycles. The number of carboxylic acid groups (broad SMARTS) is 1. The zero-order chi connectivity index (χ0) is 11.3. The number of ether oxygens (including phenoxy) is 1. The third kappa shape index (κ3) is 3.62. The molecule has 0 aromatic heterocycles. The second-order valence-electron chi connectivity index (χ2n) is 3.52. The molecule has 1 rings (SSSR count). The molecule has 0 spiro atoms. The van der Waals surface area contributed by atoms with E-state index in [0.717, 1.165) is 18.4 Å². The summed E-state index contributed by atoms with van der Waals surface area (Å²) >= 11 is 0. The van der Waals surface area contributed by atoms with E-state index < -0.39 is 5.97 Å². The maximum Gasteiger partial charge on any atom is 0.120 e. The molecule has 0 fully saturated rings. The Balaban J connectivity index is 2.75. The lowest BCUT2D eigenvalue weighted by molar-refractivity contribution is -0.255. The molecule has 0 radical (unpaired) electrons. The van der Waals surface area contributed by atoms with Crippen LogP contribution in [0.5, 0.6) is 5.75 Å². The number of carbonyl (C=O) groups excluding carboxylic acids is 1. The summed E-state index contributed by atoms with van der Waals surface area (Å²) in [6, 6.07) is 4.89. The van der Waals surface area contributed by atoms with Crippen LogP contribution in [-0.2, 0) is 0 Å². The summed E-state index contributed by atoms with van der Waals surface area (Å²) in [4.78, 5) is 10.7. The maximum absolute atomic E-state index is 10.7. The van der Waals surface area contributed by atoms with Crippen LogP contribution in [0, 0.1) is 6.92 Å². The lowest BCUT2D eigenvalue weighted by Crippen LogP contribution is -2.22. The third-order valence-electron chi connectivity index (χ3n) is 2.05. The monoisotopic (exact) mass is 207 g/mol. The van der Waals surface area contributed by atoms with Crippen molar-refractivity contribution < 1.29 is 14.6 Å². The number of benzene rings is 1. The number of carboxylic acids is 1. The molecule has 15 heavy (non-hydrogen) atoms. The minimum atomic E-state index is -1.17. The van der Waals surface area contributed by atoms with Crippen molar-refractivity contribution in [3.8, 4) is 5.75 Å². The van der Waals surface area contributed by atoms with Gasteiger partial charge in [0, 0.05) is 5.56 Å². The van der Waals surface area contributed by atoms with E-state index in [1.807, 2.05) is 13.0 Å². The predicted octanol–water partition coefficient (Wildman–Crippen LogP) is 1.54. The van der Waals surface area contributed by atoms with Crippen molar-refractivity contribution in [2.75, 3.05) is 6.61 Å². The normalized spacial score (nSPS) is 10.0. The average molecular weight is 207 g/mol. The van der Waals surface area contributed by atoms with Gasteiger partial charge in [-0.2, -0.15) is 0 Å². The first-order valence-corrected chi connectivity index (χ1v) is 5.09. The molecule has 0 saturated heterocycles. The van der Waals surface area contributed by atoms with Gasteiger partial charge in [-0.05, 0) is 37.1 Å². The van der Waals surface area contributed by atoms with Gasteiger partial charge in [0.2, 0.25) is 0 Å². The summed E-state index contributed by atoms with van der Waals surface area (Å²) in [7, 11) is 0. The molecule has 0 unspecified atom stereocenters. The van der Waals surface area contributed by atoms with Gasteiger partial charge in [0.1, 0.15) is 5.75 Å². The topological polar surface area (TPSA) is 49.4 Å². The van der Waals surface area contributed by atoms with Crippen molar-refractivity contribution in [3.05, 3.63) is 29.3 Å². The van der Waals surface area contributed by atoms with E-state index in [-0.39, 0.29) is 5.56 Å². The predicted molar refractivity (Wildman–Crippen MR) is 55.9 cm³/mol. The summed E-state index contributed by atoms with van der Waals surface area (Å²) in [5, 5.41) is 10.7. The van der Waals surface area contributed by atoms with E-state index in [0.29, 0.717) is 12.4 Å². The number of carbonyl (C=O) groups is 1. The zero-order valence-electron chi connectivity index (χ0n) is 9.08. The summed E-state index contributed by atoms with van der Waals surface area (Å²) < 4.78 is 5.43. The molecular weight excluding hydrogens is 192 g/mol. The van der Waals surface area contributed by atoms with E-state index in [9.17, 15) is 9.90 Å². The quantitative estimate of drug-likeness (QED) is 0.688. The third-order valence-corrected chi connectivity index (χ3v) is 2.05. The Labute approximate surface area is 89.7 Å². The van der Waals surface area contributed by atoms with Crippen molar-refractivity contribution in [2.24, 2.45) is 0 Å². The average Bonchev–Trinajstić information content (AvgIpc) is 2.17. The van der Waals surface area contributed by atoms with Crippen LogP contribution >= 0.6 is 0 Å². The lowest BCUT2D eigenvalue weighted by Gasteiger charge is -2.09. The fourth-order valence-electron chi connectivity index (χ4n) is 1.28. The van der Waals surface area contributed by atoms with Crippen LogP contribution in [0.2, 0.25) is 0 Å². The first-order valence-electron chi connectivity index (χ1n) is 5.09. The van der Waals surface area contributed by atoms with Gasteiger partial charge in [-0.1, -0.05) is 13.3 Å². The molecule has 0 aliphatic heterocycles. The first kappa shape index (κ1) is 11.6. The Kier molecular flexibility index (Phi) is 4.16. The van der Waals surface area contributed by atoms with Crippen molar-refractivity contribution in [2.45, 2.75) is 26.7 Å². The molecule has 1 aromatic rings. The standard InChI is InChI=1S/C12H16O3/c1-3-4-5-15-11-7-9(2)6-10(8-11)12(13)14/h6-8H,3-5H2,1-2H3,(H,13,14)/p-1. The smallest absolute Gasteiger partial charge is 0.120 e. The van der Waals surface area contributed by atoms with Gasteiger partial charge in [0.25, 0.3) is 0 Å². The second kappa shape index (κ2) is 5.39. The number of aromatic carboxylic acids is 1. The van der Waals surface area contributed by atoms with Crippen molar-refractivity contribution >= 4 is 5.97 Å². The zero-order valence-corrected chi connectivity index (χ0v) is 9.08. The number of aryl methyl sites for hydroxylation is 1. The summed E-state index contributed by atoms with van der Waals surface area (Å²) in [5.41, 5.74) is 1.03. The van der Waals surface area contributed by atoms with E-state index in [4.69, 9.17) is 4.74 Å². The van der Waals surface area contributed by atoms with Crippen molar-refractivity contribution in [1.29, 1.82) is 0 Å². The van der Waals surface area contributed by atoms with Crippen molar-refractivity contribution in [1.82, 2.24) is 0 Å². The Morgan fingerprint density at radius 1 is 1.40 bits per heavy atom. The first-order chi connectivity index (χ1) is 7.13. The largest absolute Gasteiger partial charge is 0.545 e. The van der Waals surface area contributed by atoms with Gasteiger partial charge in [0.15, 0.2) is 0 Å². The highest BCUT2D eigenvalue weighted by molar-refractivity contribution is 5.86. The molecule has 3 heteroatoms. The number of hydrogen-bond acceptors (Lipinski definition) is 3. The molecule has 0 saturated carbocycles. The fourth-order valence-corrected chi connectivity index (χ4v) is 1.28. The minimum absolute atomic E-state index is 0.168. The van der Waals surface area contributed by atoms with Gasteiger partial charge in [-0.3, -0.25) is 0 Å². The van der Waals surface area contributed by atoms with Crippen LogP contribution in [0.25, 0.3) is 0 Å². The molecule has 0 bridgehead atoms. The van der Waals surface area contributed by atoms with Crippen LogP contribution in [0.4, 0.5) is 0 Å². The van der Waals surface area contributed by atoms with E-state index in [1.165, 1.54) is 6.07 Å². The van der Waals surface area contributed by atoms with Gasteiger partial charge in [-0.15, -0.1) is 0 Å². The van der Waals surface area contributed by atoms with Gasteiger partial charge in [-0.25, -0.2) is 0 Å². The van der Waals surface area contributed by atoms with Crippen LogP contribution in [0.15, 0.2) is 18.2 Å². The van der Waals surface area contributed by atoms with Crippen molar-refractivity contribution in [3.63, 3.8) is 0 Å². The molecule has 0 aliphatic carbocycles. The minimum Gasteiger partial charge on any atom is -0.545 e. The molecule has 0 atom stereocenters. The Bertz CT molecular complexity index is 345. The van der Waals surface area contributed by atoms with E-state index in [1.54, 1.807) is 6.07 Å². The maximum atomic E-state index is 10.7. The molecule has 82 valence electrons. The van der Waals surface area contributed by atoms with Gasteiger partial charge < -0.3 is 14.6 Å². The summed E-state index contributed by atoms with van der Waals surface area (Å²) in [6.45, 7) is 4.53.